The van der Waals surface area contributed by atoms with Gasteiger partial charge in [0.25, 0.3) is 0 Å². The number of hydrogen-bond acceptors (Lipinski definition) is 3. The molecule has 6 heteroatoms. The Balaban J connectivity index is 2.30. The van der Waals surface area contributed by atoms with Crippen molar-refractivity contribution in [2.75, 3.05) is 20.6 Å². The SMILES string of the molecule is CNCc1cc(S(=O)(=O)N(C)CC2CC2C)cc(C)c1F. The van der Waals surface area contributed by atoms with Crippen LogP contribution in [0.15, 0.2) is 17.0 Å². The summed E-state index contributed by atoms with van der Waals surface area (Å²) < 4.78 is 40.6. The largest absolute Gasteiger partial charge is 0.316 e. The van der Waals surface area contributed by atoms with E-state index in [0.717, 1.165) is 6.42 Å². The maximum atomic E-state index is 14.0. The second kappa shape index (κ2) is 6.02. The Morgan fingerprint density at radius 2 is 2.05 bits per heavy atom. The van der Waals surface area contributed by atoms with Crippen molar-refractivity contribution >= 4 is 10.0 Å². The van der Waals surface area contributed by atoms with Crippen LogP contribution in [0, 0.1) is 24.6 Å². The summed E-state index contributed by atoms with van der Waals surface area (Å²) in [5.41, 5.74) is 0.735. The van der Waals surface area contributed by atoms with Gasteiger partial charge in [-0.25, -0.2) is 17.1 Å². The van der Waals surface area contributed by atoms with E-state index >= 15 is 0 Å². The molecule has 0 radical (unpaired) electrons. The summed E-state index contributed by atoms with van der Waals surface area (Å²) in [6.45, 7) is 4.55. The van der Waals surface area contributed by atoms with Crippen LogP contribution in [0.5, 0.6) is 0 Å². The van der Waals surface area contributed by atoms with Crippen molar-refractivity contribution in [2.24, 2.45) is 11.8 Å². The molecular weight excluding hydrogens is 291 g/mol. The Bertz CT molecular complexity index is 631. The first-order chi connectivity index (χ1) is 9.77. The number of rotatable bonds is 6. The van der Waals surface area contributed by atoms with Crippen LogP contribution in [0.1, 0.15) is 24.5 Å². The van der Waals surface area contributed by atoms with Crippen molar-refractivity contribution in [1.29, 1.82) is 0 Å². The lowest BCUT2D eigenvalue weighted by atomic mass is 10.1. The third kappa shape index (κ3) is 3.44. The summed E-state index contributed by atoms with van der Waals surface area (Å²) in [5, 5.41) is 2.86. The van der Waals surface area contributed by atoms with Gasteiger partial charge in [-0.2, -0.15) is 0 Å². The number of benzene rings is 1. The summed E-state index contributed by atoms with van der Waals surface area (Å²) in [7, 11) is -0.260. The second-order valence-corrected chi connectivity index (χ2v) is 8.05. The molecule has 2 unspecified atom stereocenters. The predicted molar refractivity (Wildman–Crippen MR) is 81.0 cm³/mol. The van der Waals surface area contributed by atoms with Gasteiger partial charge in [-0.05, 0) is 49.9 Å². The highest BCUT2D eigenvalue weighted by atomic mass is 32.2. The highest BCUT2D eigenvalue weighted by Crippen LogP contribution is 2.38. The van der Waals surface area contributed by atoms with Gasteiger partial charge >= 0.3 is 0 Å². The topological polar surface area (TPSA) is 49.4 Å². The molecule has 1 aromatic rings. The molecule has 2 rings (SSSR count). The van der Waals surface area contributed by atoms with Crippen LogP contribution in [0.4, 0.5) is 4.39 Å². The molecule has 1 fully saturated rings. The van der Waals surface area contributed by atoms with E-state index < -0.39 is 10.0 Å². The maximum Gasteiger partial charge on any atom is 0.242 e. The quantitative estimate of drug-likeness (QED) is 0.875. The standard InChI is InChI=1S/C15H23FN2O2S/c1-10-5-13(10)9-18(4)21(19,20)14-6-11(2)15(16)12(7-14)8-17-3/h6-7,10,13,17H,5,8-9H2,1-4H3. The van der Waals surface area contributed by atoms with Crippen LogP contribution in [-0.4, -0.2) is 33.4 Å². The van der Waals surface area contributed by atoms with E-state index in [4.69, 9.17) is 0 Å². The van der Waals surface area contributed by atoms with E-state index in [1.54, 1.807) is 21.0 Å². The Morgan fingerprint density at radius 3 is 2.57 bits per heavy atom. The van der Waals surface area contributed by atoms with Crippen molar-refractivity contribution in [3.8, 4) is 0 Å². The maximum absolute atomic E-state index is 14.0. The minimum atomic E-state index is -3.56. The van der Waals surface area contributed by atoms with Gasteiger partial charge in [-0.15, -0.1) is 0 Å². The van der Waals surface area contributed by atoms with E-state index in [9.17, 15) is 12.8 Å². The van der Waals surface area contributed by atoms with Crippen LogP contribution >= 0.6 is 0 Å². The fourth-order valence-electron chi connectivity index (χ4n) is 2.54. The summed E-state index contributed by atoms with van der Waals surface area (Å²) in [5.74, 6) is 0.697. The van der Waals surface area contributed by atoms with Gasteiger partial charge in [0.15, 0.2) is 0 Å². The third-order valence-electron chi connectivity index (χ3n) is 4.15. The molecule has 0 aliphatic heterocycles. The smallest absolute Gasteiger partial charge is 0.242 e. The van der Waals surface area contributed by atoms with E-state index in [1.807, 2.05) is 0 Å². The summed E-state index contributed by atoms with van der Waals surface area (Å²) in [6.07, 6.45) is 1.08. The summed E-state index contributed by atoms with van der Waals surface area (Å²) >= 11 is 0. The summed E-state index contributed by atoms with van der Waals surface area (Å²) in [4.78, 5) is 0.169. The highest BCUT2D eigenvalue weighted by molar-refractivity contribution is 7.89. The lowest BCUT2D eigenvalue weighted by molar-refractivity contribution is 0.444. The van der Waals surface area contributed by atoms with E-state index in [0.29, 0.717) is 36.1 Å². The molecule has 118 valence electrons. The average Bonchev–Trinajstić information content (AvgIpc) is 3.10. The number of hydrogen-bond donors (Lipinski definition) is 1. The monoisotopic (exact) mass is 314 g/mol. The minimum absolute atomic E-state index is 0.169. The Labute approximate surface area is 126 Å². The Hall–Kier alpha value is -0.980. The average molecular weight is 314 g/mol. The van der Waals surface area contributed by atoms with Gasteiger partial charge in [0, 0.05) is 25.7 Å². The van der Waals surface area contributed by atoms with Crippen molar-refractivity contribution in [1.82, 2.24) is 9.62 Å². The zero-order valence-electron chi connectivity index (χ0n) is 13.0. The van der Waals surface area contributed by atoms with Crippen molar-refractivity contribution in [2.45, 2.75) is 31.7 Å². The fraction of sp³-hybridized carbons (Fsp3) is 0.600. The fourth-order valence-corrected chi connectivity index (χ4v) is 3.90. The van der Waals surface area contributed by atoms with Crippen LogP contribution < -0.4 is 5.32 Å². The van der Waals surface area contributed by atoms with Gasteiger partial charge in [0.05, 0.1) is 4.90 Å². The molecule has 0 amide bonds. The van der Waals surface area contributed by atoms with Gasteiger partial charge in [-0.1, -0.05) is 6.92 Å². The molecule has 1 aliphatic carbocycles. The first-order valence-corrected chi connectivity index (χ1v) is 8.61. The zero-order valence-corrected chi connectivity index (χ0v) is 13.8. The third-order valence-corrected chi connectivity index (χ3v) is 5.95. The first-order valence-electron chi connectivity index (χ1n) is 7.17. The summed E-state index contributed by atoms with van der Waals surface area (Å²) in [6, 6.07) is 2.84. The lowest BCUT2D eigenvalue weighted by Crippen LogP contribution is -2.29. The molecule has 0 heterocycles. The second-order valence-electron chi connectivity index (χ2n) is 6.00. The van der Waals surface area contributed by atoms with Gasteiger partial charge < -0.3 is 5.32 Å². The number of nitrogens with one attached hydrogen (secondary N) is 1. The molecule has 0 saturated heterocycles. The van der Waals surface area contributed by atoms with Crippen molar-refractivity contribution in [3.05, 3.63) is 29.1 Å². The van der Waals surface area contributed by atoms with Crippen LogP contribution in [0.3, 0.4) is 0 Å². The Kier molecular flexibility index (Phi) is 4.70. The highest BCUT2D eigenvalue weighted by Gasteiger charge is 2.36. The van der Waals surface area contributed by atoms with Crippen molar-refractivity contribution < 1.29 is 12.8 Å². The van der Waals surface area contributed by atoms with Gasteiger partial charge in [0.2, 0.25) is 10.0 Å². The number of sulfonamides is 1. The van der Waals surface area contributed by atoms with Crippen LogP contribution in [0.25, 0.3) is 0 Å². The number of nitrogens with zero attached hydrogens (tertiary/aromatic N) is 1. The number of halogens is 1. The van der Waals surface area contributed by atoms with Crippen molar-refractivity contribution in [3.63, 3.8) is 0 Å². The Morgan fingerprint density at radius 1 is 1.43 bits per heavy atom. The zero-order chi connectivity index (χ0) is 15.8. The predicted octanol–water partition coefficient (Wildman–Crippen LogP) is 2.13. The molecule has 0 bridgehead atoms. The molecule has 0 aromatic heterocycles. The van der Waals surface area contributed by atoms with E-state index in [1.165, 1.54) is 16.4 Å². The molecule has 0 spiro atoms. The van der Waals surface area contributed by atoms with Gasteiger partial charge in [0.1, 0.15) is 5.82 Å². The van der Waals surface area contributed by atoms with E-state index in [-0.39, 0.29) is 10.7 Å². The van der Waals surface area contributed by atoms with Crippen LogP contribution in [-0.2, 0) is 16.6 Å². The molecule has 1 N–H and O–H groups in total. The molecule has 1 aliphatic rings. The molecule has 1 saturated carbocycles. The molecule has 1 aromatic carbocycles. The molecule has 21 heavy (non-hydrogen) atoms. The normalized spacial score (nSPS) is 21.8. The first kappa shape index (κ1) is 16.4. The molecule has 4 nitrogen and oxygen atoms in total. The van der Waals surface area contributed by atoms with E-state index in [2.05, 4.69) is 12.2 Å². The molecular formula is C15H23FN2O2S. The minimum Gasteiger partial charge on any atom is -0.316 e. The number of aryl methyl sites for hydroxylation is 1. The molecule has 2 atom stereocenters. The van der Waals surface area contributed by atoms with Crippen LogP contribution in [0.2, 0.25) is 0 Å². The van der Waals surface area contributed by atoms with Gasteiger partial charge in [-0.3, -0.25) is 0 Å². The lowest BCUT2D eigenvalue weighted by Gasteiger charge is -2.18.